The average molecular weight is 382 g/mol. The SMILES string of the molecule is FC1(F)CCC(CNc2ncc3c(-c4ccc5nccn5c4)c[nH]c3n2)CC1. The van der Waals surface area contributed by atoms with Gasteiger partial charge < -0.3 is 14.7 Å². The van der Waals surface area contributed by atoms with E-state index in [2.05, 4.69) is 25.3 Å². The van der Waals surface area contributed by atoms with Crippen LogP contribution >= 0.6 is 0 Å². The number of alkyl halides is 2. The number of aromatic amines is 1. The summed E-state index contributed by atoms with van der Waals surface area (Å²) in [7, 11) is 0. The van der Waals surface area contributed by atoms with Crippen LogP contribution in [0.4, 0.5) is 14.7 Å². The van der Waals surface area contributed by atoms with Crippen molar-refractivity contribution in [2.24, 2.45) is 5.92 Å². The Morgan fingerprint density at radius 3 is 2.93 bits per heavy atom. The number of pyridine rings is 1. The molecule has 0 unspecified atom stereocenters. The van der Waals surface area contributed by atoms with Crippen molar-refractivity contribution in [3.8, 4) is 11.1 Å². The molecule has 1 saturated carbocycles. The van der Waals surface area contributed by atoms with E-state index in [-0.39, 0.29) is 18.8 Å². The molecule has 1 fully saturated rings. The Morgan fingerprint density at radius 2 is 2.07 bits per heavy atom. The summed E-state index contributed by atoms with van der Waals surface area (Å²) < 4.78 is 28.5. The first-order chi connectivity index (χ1) is 13.6. The first-order valence-electron chi connectivity index (χ1n) is 9.46. The molecule has 28 heavy (non-hydrogen) atoms. The molecule has 0 aromatic carbocycles. The lowest BCUT2D eigenvalue weighted by Gasteiger charge is -2.28. The smallest absolute Gasteiger partial charge is 0.248 e. The molecule has 0 aliphatic heterocycles. The average Bonchev–Trinajstić information content (AvgIpc) is 3.33. The third-order valence-electron chi connectivity index (χ3n) is 5.52. The summed E-state index contributed by atoms with van der Waals surface area (Å²) in [5, 5.41) is 4.14. The lowest BCUT2D eigenvalue weighted by Crippen LogP contribution is -2.28. The summed E-state index contributed by atoms with van der Waals surface area (Å²) >= 11 is 0. The summed E-state index contributed by atoms with van der Waals surface area (Å²) in [4.78, 5) is 16.4. The number of hydrogen-bond donors (Lipinski definition) is 2. The van der Waals surface area contributed by atoms with Gasteiger partial charge in [-0.15, -0.1) is 0 Å². The maximum atomic E-state index is 13.3. The van der Waals surface area contributed by atoms with E-state index in [0.717, 1.165) is 27.8 Å². The van der Waals surface area contributed by atoms with Crippen molar-refractivity contribution in [3.05, 3.63) is 43.1 Å². The van der Waals surface area contributed by atoms with E-state index >= 15 is 0 Å². The van der Waals surface area contributed by atoms with Gasteiger partial charge in [-0.1, -0.05) is 0 Å². The number of nitrogens with one attached hydrogen (secondary N) is 2. The van der Waals surface area contributed by atoms with Crippen LogP contribution in [0.3, 0.4) is 0 Å². The third-order valence-corrected chi connectivity index (χ3v) is 5.52. The van der Waals surface area contributed by atoms with E-state index in [1.165, 1.54) is 0 Å². The molecule has 0 saturated heterocycles. The van der Waals surface area contributed by atoms with E-state index in [0.29, 0.717) is 25.3 Å². The number of rotatable bonds is 4. The monoisotopic (exact) mass is 382 g/mol. The maximum absolute atomic E-state index is 13.3. The lowest BCUT2D eigenvalue weighted by atomic mass is 9.87. The van der Waals surface area contributed by atoms with E-state index in [1.807, 2.05) is 35.1 Å². The van der Waals surface area contributed by atoms with Gasteiger partial charge in [-0.05, 0) is 30.9 Å². The van der Waals surface area contributed by atoms with Gasteiger partial charge in [0.1, 0.15) is 11.3 Å². The fourth-order valence-corrected chi connectivity index (χ4v) is 3.85. The third kappa shape index (κ3) is 3.19. The molecule has 4 heterocycles. The second-order valence-corrected chi connectivity index (χ2v) is 7.45. The summed E-state index contributed by atoms with van der Waals surface area (Å²) in [6.45, 7) is 0.618. The second kappa shape index (κ2) is 6.54. The quantitative estimate of drug-likeness (QED) is 0.545. The van der Waals surface area contributed by atoms with Crippen LogP contribution in [0.5, 0.6) is 0 Å². The first-order valence-corrected chi connectivity index (χ1v) is 9.46. The largest absolute Gasteiger partial charge is 0.354 e. The van der Waals surface area contributed by atoms with E-state index in [4.69, 9.17) is 0 Å². The number of imidazole rings is 1. The molecule has 1 aliphatic carbocycles. The molecule has 0 spiro atoms. The van der Waals surface area contributed by atoms with Gasteiger partial charge >= 0.3 is 0 Å². The minimum Gasteiger partial charge on any atom is -0.354 e. The first kappa shape index (κ1) is 17.1. The number of halogens is 2. The van der Waals surface area contributed by atoms with Gasteiger partial charge in [0.15, 0.2) is 0 Å². The molecule has 0 radical (unpaired) electrons. The van der Waals surface area contributed by atoms with Crippen LogP contribution < -0.4 is 5.32 Å². The van der Waals surface area contributed by atoms with Gasteiger partial charge in [0.2, 0.25) is 11.9 Å². The highest BCUT2D eigenvalue weighted by molar-refractivity contribution is 5.93. The van der Waals surface area contributed by atoms with Gasteiger partial charge in [-0.3, -0.25) is 0 Å². The zero-order chi connectivity index (χ0) is 19.1. The molecule has 144 valence electrons. The predicted molar refractivity (Wildman–Crippen MR) is 103 cm³/mol. The van der Waals surface area contributed by atoms with Crippen molar-refractivity contribution in [3.63, 3.8) is 0 Å². The molecular weight excluding hydrogens is 362 g/mol. The Labute approximate surface area is 160 Å². The van der Waals surface area contributed by atoms with Crippen molar-refractivity contribution < 1.29 is 8.78 Å². The van der Waals surface area contributed by atoms with Crippen molar-refractivity contribution in [2.75, 3.05) is 11.9 Å². The number of aromatic nitrogens is 5. The molecule has 0 bridgehead atoms. The Bertz CT molecular complexity index is 1120. The fourth-order valence-electron chi connectivity index (χ4n) is 3.85. The lowest BCUT2D eigenvalue weighted by molar-refractivity contribution is -0.0443. The van der Waals surface area contributed by atoms with Crippen LogP contribution in [0, 0.1) is 5.92 Å². The molecule has 0 atom stereocenters. The number of H-pyrrole nitrogens is 1. The van der Waals surface area contributed by atoms with E-state index in [1.54, 1.807) is 12.4 Å². The number of fused-ring (bicyclic) bond motifs is 2. The number of nitrogens with zero attached hydrogens (tertiary/aromatic N) is 4. The van der Waals surface area contributed by atoms with Gasteiger partial charge in [0.05, 0.1) is 0 Å². The molecular formula is C20H20F2N6. The summed E-state index contributed by atoms with van der Waals surface area (Å²) in [6, 6.07) is 3.99. The number of anilines is 1. The molecule has 2 N–H and O–H groups in total. The molecule has 5 rings (SSSR count). The maximum Gasteiger partial charge on any atom is 0.248 e. The van der Waals surface area contributed by atoms with Crippen LogP contribution in [-0.2, 0) is 0 Å². The van der Waals surface area contributed by atoms with Crippen molar-refractivity contribution in [2.45, 2.75) is 31.6 Å². The minimum absolute atomic E-state index is 0.0273. The highest BCUT2D eigenvalue weighted by atomic mass is 19.3. The minimum atomic E-state index is -2.49. The van der Waals surface area contributed by atoms with Crippen molar-refractivity contribution in [1.29, 1.82) is 0 Å². The van der Waals surface area contributed by atoms with Gasteiger partial charge in [0, 0.05) is 66.9 Å². The molecule has 6 nitrogen and oxygen atoms in total. The van der Waals surface area contributed by atoms with E-state index in [9.17, 15) is 8.78 Å². The van der Waals surface area contributed by atoms with Gasteiger partial charge in [-0.25, -0.2) is 18.7 Å². The molecule has 1 aliphatic rings. The van der Waals surface area contributed by atoms with Crippen LogP contribution in [0.25, 0.3) is 27.8 Å². The Hall–Kier alpha value is -3.03. The molecule has 0 amide bonds. The van der Waals surface area contributed by atoms with Gasteiger partial charge in [-0.2, -0.15) is 4.98 Å². The topological polar surface area (TPSA) is 70.9 Å². The van der Waals surface area contributed by atoms with Crippen molar-refractivity contribution >= 4 is 22.6 Å². The zero-order valence-corrected chi connectivity index (χ0v) is 15.2. The van der Waals surface area contributed by atoms with Crippen LogP contribution in [0.1, 0.15) is 25.7 Å². The second-order valence-electron chi connectivity index (χ2n) is 7.45. The highest BCUT2D eigenvalue weighted by Crippen LogP contribution is 2.36. The Balaban J connectivity index is 1.33. The highest BCUT2D eigenvalue weighted by Gasteiger charge is 2.34. The molecule has 8 heteroatoms. The summed E-state index contributed by atoms with van der Waals surface area (Å²) in [5.74, 6) is -1.74. The Morgan fingerprint density at radius 1 is 1.21 bits per heavy atom. The van der Waals surface area contributed by atoms with Crippen LogP contribution in [0.15, 0.2) is 43.1 Å². The van der Waals surface area contributed by atoms with E-state index < -0.39 is 5.92 Å². The normalized spacial score (nSPS) is 17.4. The fraction of sp³-hybridized carbons (Fsp3) is 0.350. The molecule has 4 aromatic heterocycles. The summed E-state index contributed by atoms with van der Waals surface area (Å²) in [6.07, 6.45) is 10.4. The van der Waals surface area contributed by atoms with Gasteiger partial charge in [0.25, 0.3) is 0 Å². The Kier molecular flexibility index (Phi) is 3.99. The predicted octanol–water partition coefficient (Wildman–Crippen LogP) is 4.51. The number of hydrogen-bond acceptors (Lipinski definition) is 4. The van der Waals surface area contributed by atoms with Crippen LogP contribution in [-0.4, -0.2) is 36.8 Å². The standard InChI is InChI=1S/C20H20F2N6/c21-20(22)5-3-13(4-6-20)9-25-19-26-11-16-15(10-24-18(16)27-19)14-1-2-17-23-7-8-28(17)12-14/h1-2,7-8,10-13H,3-6,9H2,(H2,24,25,26,27). The van der Waals surface area contributed by atoms with Crippen LogP contribution in [0.2, 0.25) is 0 Å². The molecule has 4 aromatic rings. The summed E-state index contributed by atoms with van der Waals surface area (Å²) in [5.41, 5.74) is 3.70. The van der Waals surface area contributed by atoms with Crippen molar-refractivity contribution in [1.82, 2.24) is 24.3 Å². The zero-order valence-electron chi connectivity index (χ0n) is 15.2.